The number of nitrogens with one attached hydrogen (secondary N) is 4. The molecule has 0 aliphatic rings. The molecule has 31 nitrogen and oxygen atoms in total. The smallest absolute Gasteiger partial charge is 0.744 e. The van der Waals surface area contributed by atoms with Crippen molar-refractivity contribution in [2.45, 2.75) is 31.9 Å². The average molecular weight is 1270 g/mol. The number of aromatic nitrogens is 6. The molecule has 0 amide bonds. The molecule has 7 rings (SSSR count). The van der Waals surface area contributed by atoms with Crippen LogP contribution >= 0.6 is 23.6 Å². The second-order valence-corrected chi connectivity index (χ2v) is 20.4. The fourth-order valence-electron chi connectivity index (χ4n) is 5.90. The fraction of sp³-hybridized carbons (Fsp3) is 0.0270. The summed E-state index contributed by atoms with van der Waals surface area (Å²) >= 11 is 6.33. The number of hydrogen-bond donors (Lipinski definition) is 6. The van der Waals surface area contributed by atoms with E-state index in [1.807, 2.05) is 0 Å². The summed E-state index contributed by atoms with van der Waals surface area (Å²) in [6, 6.07) is 16.4. The van der Waals surface area contributed by atoms with Crippen LogP contribution in [0.15, 0.2) is 136 Å². The summed E-state index contributed by atoms with van der Waals surface area (Å²) in [5.41, 5.74) is 7.89. The summed E-state index contributed by atoms with van der Waals surface area (Å²) in [7, 11) is -20.7. The molecule has 0 bridgehead atoms. The van der Waals surface area contributed by atoms with E-state index in [2.05, 4.69) is 81.0 Å². The first-order valence-electron chi connectivity index (χ1n) is 19.2. The van der Waals surface area contributed by atoms with Gasteiger partial charge in [0.15, 0.2) is 0 Å². The van der Waals surface area contributed by atoms with E-state index >= 15 is 0 Å². The Bertz CT molecular complexity index is 3920. The van der Waals surface area contributed by atoms with Crippen molar-refractivity contribution in [1.29, 1.82) is 0 Å². The van der Waals surface area contributed by atoms with Gasteiger partial charge < -0.3 is 56.2 Å². The molecule has 5 aromatic carbocycles. The van der Waals surface area contributed by atoms with Crippen LogP contribution in [0.5, 0.6) is 0 Å². The molecular weight excluding hydrogens is 1240 g/mol. The Hall–Kier alpha value is -2.79. The van der Waals surface area contributed by atoms with E-state index in [0.717, 1.165) is 42.5 Å². The van der Waals surface area contributed by atoms with Crippen LogP contribution < -0.4 is 186 Å². The van der Waals surface area contributed by atoms with Crippen LogP contribution in [0.2, 0.25) is 5.28 Å². The molecule has 0 saturated carbocycles. The maximum Gasteiger partial charge on any atom is 1.00 e. The zero-order valence-corrected chi connectivity index (χ0v) is 55.5. The molecule has 0 saturated heterocycles. The summed E-state index contributed by atoms with van der Waals surface area (Å²) < 4.78 is 163. The van der Waals surface area contributed by atoms with Gasteiger partial charge in [0.25, 0.3) is 0 Å². The Kier molecular flexibility index (Phi) is 30.0. The molecule has 0 aliphatic carbocycles. The molecule has 394 valence electrons. The summed E-state index contributed by atoms with van der Waals surface area (Å²) in [5.74, 6) is -1.70. The Morgan fingerprint density at radius 1 is 0.525 bits per heavy atom. The van der Waals surface area contributed by atoms with Crippen molar-refractivity contribution in [1.82, 2.24) is 29.9 Å². The second-order valence-electron chi connectivity index (χ2n) is 13.9. The minimum Gasteiger partial charge on any atom is -0.744 e. The van der Waals surface area contributed by atoms with E-state index in [-0.39, 0.29) is 212 Å². The van der Waals surface area contributed by atoms with Gasteiger partial charge in [-0.05, 0) is 84.4 Å². The van der Waals surface area contributed by atoms with Gasteiger partial charge in [-0.15, -0.1) is 20.5 Å². The van der Waals surface area contributed by atoms with Gasteiger partial charge in [-0.3, -0.25) is 5.04 Å². The van der Waals surface area contributed by atoms with E-state index in [4.69, 9.17) is 23.1 Å². The maximum atomic E-state index is 14.6. The molecule has 8 N–H and O–H groups in total. The van der Waals surface area contributed by atoms with Crippen molar-refractivity contribution in [2.75, 3.05) is 32.7 Å². The van der Waals surface area contributed by atoms with Crippen molar-refractivity contribution in [2.24, 2.45) is 20.5 Å². The molecule has 0 aliphatic heterocycles. The van der Waals surface area contributed by atoms with Crippen molar-refractivity contribution in [3.63, 3.8) is 0 Å². The van der Waals surface area contributed by atoms with Crippen molar-refractivity contribution in [3.8, 4) is 0 Å². The van der Waals surface area contributed by atoms with Crippen LogP contribution in [0.4, 0.5) is 85.1 Å². The molecule has 43 heteroatoms. The summed E-state index contributed by atoms with van der Waals surface area (Å²) in [4.78, 5) is 19.2. The predicted molar refractivity (Wildman–Crippen MR) is 254 cm³/mol. The van der Waals surface area contributed by atoms with E-state index < -0.39 is 112 Å². The van der Waals surface area contributed by atoms with E-state index in [0.29, 0.717) is 6.07 Å². The number of halogens is 2. The third kappa shape index (κ3) is 20.5. The quantitative estimate of drug-likeness (QED) is 0.00833. The van der Waals surface area contributed by atoms with Gasteiger partial charge in [0.05, 0.1) is 53.6 Å². The van der Waals surface area contributed by atoms with Gasteiger partial charge in [0.1, 0.15) is 63.2 Å². The summed E-state index contributed by atoms with van der Waals surface area (Å²) in [6.07, 6.45) is -1.39. The van der Waals surface area contributed by atoms with Crippen LogP contribution in [-0.2, 0) is 49.8 Å². The van der Waals surface area contributed by atoms with Gasteiger partial charge in [-0.25, -0.2) is 33.7 Å². The standard InChI is InChI=1S/C36H28ClFN16O15S5.CH4.5Na/c37-31-45-33(41-16-4-3-5-19(12-16)71(56,57)58)49-34(46-31)42-18-9-11-26(73(62,63)64)22(14-18)52-53-23-15-27(74(65,66)67)29(40)30(28(23)39)54-51-21-13-17(8-10-24(21)70-69-68-55)43-35-47-32(38)48-36(50-35)44-20-6-1-2-7-25(20)72(59,60)61;;;;;;/h1-15,55H,39-40H2,(H,56,57,58)(H,59,60,61)(H,62,63,64)(H,65,66,67)(H2,41,42,45,46,49)(H2,43,44,47,48,50);1H4;;;;;/q;;5*+1/p-5. The van der Waals surface area contributed by atoms with E-state index in [9.17, 15) is 61.5 Å². The molecule has 80 heavy (non-hydrogen) atoms. The second kappa shape index (κ2) is 31.9. The SMILES string of the molecule is C.Nc1c(N=Nc2cc(Nc3nc(Cl)nc(Nc4cccc(S(=O)(=O)[O-])c4)n3)ccc2S(=O)(=O)[O-])cc(S(=O)(=O)[O-])c(N)c1N=Nc1cc(Nc2nc(F)nc(Nc3ccccc3S(=O)(=O)[O-])n2)ccc1SOO[O-].[Na+].[Na+].[Na+].[Na+].[Na+]. The Morgan fingerprint density at radius 2 is 1.02 bits per heavy atom. The fourth-order valence-corrected chi connectivity index (χ4v) is 8.83. The average Bonchev–Trinajstić information content (AvgIpc) is 3.29. The van der Waals surface area contributed by atoms with Crippen LogP contribution in [0.1, 0.15) is 7.43 Å². The Balaban J connectivity index is 0.00000533. The van der Waals surface area contributed by atoms with Crippen LogP contribution in [0, 0.1) is 6.08 Å². The van der Waals surface area contributed by atoms with Gasteiger partial charge >= 0.3 is 154 Å². The number of anilines is 10. The molecule has 0 unspecified atom stereocenters. The zero-order valence-electron chi connectivity index (χ0n) is 40.7. The molecule has 0 fully saturated rings. The number of hydrogen-bond acceptors (Lipinski definition) is 32. The number of nitrogen functional groups attached to an aromatic ring is 2. The van der Waals surface area contributed by atoms with Crippen molar-refractivity contribution < 1.29 is 219 Å². The molecule has 2 aromatic heterocycles. The number of nitrogens with zero attached hydrogens (tertiary/aromatic N) is 10. The zero-order chi connectivity index (χ0) is 53.8. The number of benzene rings is 5. The first-order valence-corrected chi connectivity index (χ1v) is 25.9. The molecule has 7 aromatic rings. The number of azo groups is 2. The maximum absolute atomic E-state index is 14.6. The molecular formula is C37H27ClFN16Na5O15S5. The number of nitrogens with two attached hydrogens (primary N) is 2. The van der Waals surface area contributed by atoms with Crippen LogP contribution in [0.3, 0.4) is 0 Å². The molecule has 0 radical (unpaired) electrons. The van der Waals surface area contributed by atoms with E-state index in [1.54, 1.807) is 0 Å². The van der Waals surface area contributed by atoms with Crippen molar-refractivity contribution in [3.05, 3.63) is 102 Å². The van der Waals surface area contributed by atoms with Gasteiger partial charge in [-0.1, -0.05) is 25.6 Å². The summed E-state index contributed by atoms with van der Waals surface area (Å²) in [5, 5.41) is 39.4. The first-order chi connectivity index (χ1) is 34.7. The minimum absolute atomic E-state index is 0. The summed E-state index contributed by atoms with van der Waals surface area (Å²) in [6.45, 7) is 0. The number of para-hydroxylation sites is 1. The minimum atomic E-state index is -5.52. The first kappa shape index (κ1) is 75.2. The molecule has 2 heterocycles. The Morgan fingerprint density at radius 3 is 1.59 bits per heavy atom. The number of rotatable bonds is 19. The van der Waals surface area contributed by atoms with Gasteiger partial charge in [-0.2, -0.15) is 38.6 Å². The van der Waals surface area contributed by atoms with Gasteiger partial charge in [0.2, 0.25) is 29.1 Å². The molecule has 0 atom stereocenters. The third-order valence-electron chi connectivity index (χ3n) is 8.96. The Labute approximate surface area is 572 Å². The van der Waals surface area contributed by atoms with Crippen LogP contribution in [-0.4, -0.2) is 81.8 Å². The largest absolute Gasteiger partial charge is 1.00 e. The third-order valence-corrected chi connectivity index (χ3v) is 13.3. The van der Waals surface area contributed by atoms with E-state index in [1.165, 1.54) is 42.5 Å². The van der Waals surface area contributed by atoms with Crippen LogP contribution in [0.25, 0.3) is 0 Å². The van der Waals surface area contributed by atoms with Gasteiger partial charge in [0, 0.05) is 17.1 Å². The van der Waals surface area contributed by atoms with Crippen molar-refractivity contribution >= 4 is 145 Å². The molecule has 0 spiro atoms. The predicted octanol–water partition coefficient (Wildman–Crippen LogP) is -9.68. The normalized spacial score (nSPS) is 11.4. The topological polar surface area (TPSA) is 497 Å². The monoisotopic (exact) mass is 1260 g/mol.